The number of allylic oxidation sites excluding steroid dienone is 3. The fourth-order valence-electron chi connectivity index (χ4n) is 4.34. The number of aliphatic hydroxyl groups excluding tert-OH is 1. The standard InChI is InChI=1S/C20H24O3/c1-3-16-18(13-8-6-5-7-9-13)14(11-21)10-15-12-23-20(22)17(4-2)19(15)16/h5-12,16-20,22H,3-4H2,1-2H3/t16-,17+,18+,19-,20+/m1/s1. The smallest absolute Gasteiger partial charge is 0.199 e. The van der Waals surface area contributed by atoms with Crippen molar-refractivity contribution in [3.63, 3.8) is 0 Å². The third-order valence-corrected chi connectivity index (χ3v) is 5.38. The van der Waals surface area contributed by atoms with Crippen LogP contribution < -0.4 is 0 Å². The number of rotatable bonds is 4. The average molecular weight is 312 g/mol. The lowest BCUT2D eigenvalue weighted by atomic mass is 9.61. The molecule has 0 saturated heterocycles. The molecule has 0 fully saturated rings. The fourth-order valence-corrected chi connectivity index (χ4v) is 4.34. The molecule has 5 atom stereocenters. The molecule has 0 unspecified atom stereocenters. The van der Waals surface area contributed by atoms with Crippen molar-refractivity contribution < 1.29 is 14.6 Å². The first-order chi connectivity index (χ1) is 11.2. The number of fused-ring (bicyclic) bond motifs is 1. The molecular weight excluding hydrogens is 288 g/mol. The summed E-state index contributed by atoms with van der Waals surface area (Å²) in [5, 5.41) is 10.2. The van der Waals surface area contributed by atoms with Crippen LogP contribution in [-0.2, 0) is 9.53 Å². The molecule has 0 aromatic heterocycles. The second kappa shape index (κ2) is 6.71. The van der Waals surface area contributed by atoms with Gasteiger partial charge in [0.1, 0.15) is 6.29 Å². The zero-order valence-electron chi connectivity index (χ0n) is 13.7. The van der Waals surface area contributed by atoms with Crippen LogP contribution in [0.5, 0.6) is 0 Å². The van der Waals surface area contributed by atoms with E-state index in [-0.39, 0.29) is 23.7 Å². The largest absolute Gasteiger partial charge is 0.472 e. The van der Waals surface area contributed by atoms with E-state index in [2.05, 4.69) is 26.0 Å². The molecule has 1 aromatic rings. The first-order valence-corrected chi connectivity index (χ1v) is 8.46. The molecule has 3 nitrogen and oxygen atoms in total. The summed E-state index contributed by atoms with van der Waals surface area (Å²) in [4.78, 5) is 11.7. The van der Waals surface area contributed by atoms with Gasteiger partial charge in [0.15, 0.2) is 6.29 Å². The van der Waals surface area contributed by atoms with Crippen molar-refractivity contribution in [3.8, 4) is 0 Å². The highest BCUT2D eigenvalue weighted by Gasteiger charge is 2.45. The minimum Gasteiger partial charge on any atom is -0.472 e. The van der Waals surface area contributed by atoms with Crippen molar-refractivity contribution in [3.05, 3.63) is 59.4 Å². The third kappa shape index (κ3) is 2.74. The molecule has 0 bridgehead atoms. The predicted molar refractivity (Wildman–Crippen MR) is 89.6 cm³/mol. The zero-order valence-corrected chi connectivity index (χ0v) is 13.7. The third-order valence-electron chi connectivity index (χ3n) is 5.38. The van der Waals surface area contributed by atoms with E-state index < -0.39 is 6.29 Å². The van der Waals surface area contributed by atoms with E-state index in [1.54, 1.807) is 6.26 Å². The number of hydrogen-bond acceptors (Lipinski definition) is 3. The van der Waals surface area contributed by atoms with E-state index in [4.69, 9.17) is 4.74 Å². The Morgan fingerprint density at radius 2 is 1.83 bits per heavy atom. The van der Waals surface area contributed by atoms with Crippen LogP contribution in [-0.4, -0.2) is 17.7 Å². The van der Waals surface area contributed by atoms with Crippen LogP contribution in [0.4, 0.5) is 0 Å². The summed E-state index contributed by atoms with van der Waals surface area (Å²) in [6, 6.07) is 10.2. The van der Waals surface area contributed by atoms with Gasteiger partial charge in [-0.05, 0) is 35.5 Å². The number of benzene rings is 1. The first kappa shape index (κ1) is 16.0. The van der Waals surface area contributed by atoms with Gasteiger partial charge in [0.05, 0.1) is 6.26 Å². The maximum absolute atomic E-state index is 11.7. The van der Waals surface area contributed by atoms with Crippen LogP contribution in [0.1, 0.15) is 38.2 Å². The van der Waals surface area contributed by atoms with Gasteiger partial charge in [0, 0.05) is 17.4 Å². The Labute approximate surface area is 137 Å². The lowest BCUT2D eigenvalue weighted by Gasteiger charge is -2.45. The van der Waals surface area contributed by atoms with Crippen molar-refractivity contribution in [2.75, 3.05) is 0 Å². The van der Waals surface area contributed by atoms with Gasteiger partial charge >= 0.3 is 0 Å². The summed E-state index contributed by atoms with van der Waals surface area (Å²) in [5.41, 5.74) is 3.02. The molecule has 0 amide bonds. The quantitative estimate of drug-likeness (QED) is 0.860. The summed E-state index contributed by atoms with van der Waals surface area (Å²) in [6.07, 6.45) is 5.64. The van der Waals surface area contributed by atoms with Gasteiger partial charge in [0.2, 0.25) is 0 Å². The van der Waals surface area contributed by atoms with E-state index in [9.17, 15) is 9.90 Å². The monoisotopic (exact) mass is 312 g/mol. The normalized spacial score (nSPS) is 33.1. The van der Waals surface area contributed by atoms with Crippen LogP contribution in [0.2, 0.25) is 0 Å². The molecule has 1 aliphatic carbocycles. The van der Waals surface area contributed by atoms with Crippen molar-refractivity contribution in [2.45, 2.75) is 38.9 Å². The minimum absolute atomic E-state index is 0.0654. The summed E-state index contributed by atoms with van der Waals surface area (Å²) >= 11 is 0. The van der Waals surface area contributed by atoms with Crippen molar-refractivity contribution in [2.24, 2.45) is 17.8 Å². The highest BCUT2D eigenvalue weighted by molar-refractivity contribution is 5.78. The highest BCUT2D eigenvalue weighted by Crippen LogP contribution is 2.50. The fraction of sp³-hybridized carbons (Fsp3) is 0.450. The zero-order chi connectivity index (χ0) is 16.4. The second-order valence-corrected chi connectivity index (χ2v) is 6.47. The van der Waals surface area contributed by atoms with Crippen molar-refractivity contribution >= 4 is 6.29 Å². The molecule has 1 N–H and O–H groups in total. The van der Waals surface area contributed by atoms with Crippen LogP contribution in [0.3, 0.4) is 0 Å². The SMILES string of the molecule is CC[C@H]1[C@H]2C(=CO[C@H](O)[C@H]2CC)C=C(C=O)[C@@H]1c1ccccc1. The maximum atomic E-state index is 11.7. The first-order valence-electron chi connectivity index (χ1n) is 8.46. The molecule has 122 valence electrons. The summed E-state index contributed by atoms with van der Waals surface area (Å²) < 4.78 is 5.41. The van der Waals surface area contributed by atoms with E-state index in [1.807, 2.05) is 24.3 Å². The molecule has 0 saturated carbocycles. The van der Waals surface area contributed by atoms with Gasteiger partial charge in [-0.2, -0.15) is 0 Å². The van der Waals surface area contributed by atoms with Gasteiger partial charge in [-0.1, -0.05) is 50.6 Å². The Morgan fingerprint density at radius 3 is 2.43 bits per heavy atom. The molecule has 1 aromatic carbocycles. The molecule has 0 radical (unpaired) electrons. The Morgan fingerprint density at radius 1 is 1.13 bits per heavy atom. The van der Waals surface area contributed by atoms with Gasteiger partial charge in [-0.25, -0.2) is 0 Å². The highest BCUT2D eigenvalue weighted by atomic mass is 16.6. The molecule has 3 rings (SSSR count). The lowest BCUT2D eigenvalue weighted by molar-refractivity contribution is -0.126. The van der Waals surface area contributed by atoms with Gasteiger partial charge in [0.25, 0.3) is 0 Å². The van der Waals surface area contributed by atoms with Gasteiger partial charge < -0.3 is 9.84 Å². The summed E-state index contributed by atoms with van der Waals surface area (Å²) in [7, 11) is 0. The number of aliphatic hydroxyl groups is 1. The summed E-state index contributed by atoms with van der Waals surface area (Å²) in [6.45, 7) is 4.25. The minimum atomic E-state index is -0.759. The molecule has 3 heteroatoms. The number of hydrogen-bond donors (Lipinski definition) is 1. The summed E-state index contributed by atoms with van der Waals surface area (Å²) in [5.74, 6) is 0.663. The van der Waals surface area contributed by atoms with E-state index in [0.29, 0.717) is 0 Å². The average Bonchev–Trinajstić information content (AvgIpc) is 2.60. The van der Waals surface area contributed by atoms with Crippen LogP contribution in [0.15, 0.2) is 53.8 Å². The van der Waals surface area contributed by atoms with E-state index in [0.717, 1.165) is 30.3 Å². The Hall–Kier alpha value is -1.87. The van der Waals surface area contributed by atoms with Crippen molar-refractivity contribution in [1.82, 2.24) is 0 Å². The molecule has 23 heavy (non-hydrogen) atoms. The van der Waals surface area contributed by atoms with Gasteiger partial charge in [-0.3, -0.25) is 4.79 Å². The van der Waals surface area contributed by atoms with Gasteiger partial charge in [-0.15, -0.1) is 0 Å². The molecule has 1 heterocycles. The predicted octanol–water partition coefficient (Wildman–Crippen LogP) is 3.81. The van der Waals surface area contributed by atoms with Crippen LogP contribution in [0, 0.1) is 17.8 Å². The van der Waals surface area contributed by atoms with E-state index >= 15 is 0 Å². The topological polar surface area (TPSA) is 46.5 Å². The Kier molecular flexibility index (Phi) is 4.67. The van der Waals surface area contributed by atoms with Crippen LogP contribution >= 0.6 is 0 Å². The van der Waals surface area contributed by atoms with E-state index in [1.165, 1.54) is 5.56 Å². The Bertz CT molecular complexity index is 617. The number of carbonyl (C=O) groups is 1. The molecule has 1 aliphatic heterocycles. The number of carbonyl (C=O) groups excluding carboxylic acids is 1. The lowest BCUT2D eigenvalue weighted by Crippen LogP contribution is -2.41. The number of ether oxygens (including phenoxy) is 1. The Balaban J connectivity index is 2.11. The maximum Gasteiger partial charge on any atom is 0.199 e. The molecule has 2 aliphatic rings. The van der Waals surface area contributed by atoms with Crippen molar-refractivity contribution in [1.29, 1.82) is 0 Å². The molecule has 0 spiro atoms. The number of aldehydes is 1. The molecular formula is C20H24O3. The second-order valence-electron chi connectivity index (χ2n) is 6.47. The van der Waals surface area contributed by atoms with Crippen LogP contribution in [0.25, 0.3) is 0 Å².